The molecule has 1 heterocycles. The van der Waals surface area contributed by atoms with Crippen LogP contribution in [0.4, 0.5) is 5.69 Å². The first-order valence-electron chi connectivity index (χ1n) is 11.3. The zero-order chi connectivity index (χ0) is 23.4. The number of H-pyrrole nitrogens is 1. The molecular weight excluding hydrogens is 400 g/mol. The molecule has 1 aromatic carbocycles. The zero-order valence-corrected chi connectivity index (χ0v) is 19.5. The molecule has 1 aliphatic rings. The molecule has 0 radical (unpaired) electrons. The highest BCUT2D eigenvalue weighted by atomic mass is 16.1. The van der Waals surface area contributed by atoms with Gasteiger partial charge in [-0.3, -0.25) is 9.59 Å². The maximum absolute atomic E-state index is 13.0. The summed E-state index contributed by atoms with van der Waals surface area (Å²) in [6.07, 6.45) is 9.97. The van der Waals surface area contributed by atoms with Crippen molar-refractivity contribution in [2.45, 2.75) is 72.0 Å². The van der Waals surface area contributed by atoms with E-state index >= 15 is 0 Å². The number of aromatic nitrogens is 1. The first-order chi connectivity index (χ1) is 15.2. The summed E-state index contributed by atoms with van der Waals surface area (Å²) in [7, 11) is 0. The van der Waals surface area contributed by atoms with Crippen molar-refractivity contribution in [2.24, 2.45) is 11.7 Å². The Morgan fingerprint density at radius 3 is 2.53 bits per heavy atom. The van der Waals surface area contributed by atoms with Crippen LogP contribution < -0.4 is 21.9 Å². The van der Waals surface area contributed by atoms with Gasteiger partial charge >= 0.3 is 0 Å². The van der Waals surface area contributed by atoms with Gasteiger partial charge in [0, 0.05) is 46.7 Å². The number of carbonyl (C=O) groups is 1. The van der Waals surface area contributed by atoms with Crippen LogP contribution >= 0.6 is 0 Å². The predicted molar refractivity (Wildman–Crippen MR) is 130 cm³/mol. The molecule has 5 N–H and O–H groups in total. The topological polar surface area (TPSA) is 100 Å². The third-order valence-electron chi connectivity index (χ3n) is 6.65. The Hall–Kier alpha value is -3.04. The number of benzene rings is 1. The SMILES string of the molecule is C#Cc1cc(NC(C)C2CCC(N)CC2)c(C)c(C(=O)NCc2c(C)cc(C)[nH]c2=O)c1. The normalized spacial score (nSPS) is 19.1. The highest BCUT2D eigenvalue weighted by Gasteiger charge is 2.24. The van der Waals surface area contributed by atoms with Crippen molar-refractivity contribution in [3.8, 4) is 12.3 Å². The molecule has 32 heavy (non-hydrogen) atoms. The maximum Gasteiger partial charge on any atom is 0.253 e. The van der Waals surface area contributed by atoms with E-state index < -0.39 is 0 Å². The highest BCUT2D eigenvalue weighted by Crippen LogP contribution is 2.30. The Morgan fingerprint density at radius 2 is 1.91 bits per heavy atom. The van der Waals surface area contributed by atoms with Crippen LogP contribution in [0.3, 0.4) is 0 Å². The Kier molecular flexibility index (Phi) is 7.42. The van der Waals surface area contributed by atoms with E-state index in [0.29, 0.717) is 28.7 Å². The molecule has 1 aromatic heterocycles. The lowest BCUT2D eigenvalue weighted by molar-refractivity contribution is 0.0950. The second-order valence-electron chi connectivity index (χ2n) is 9.07. The van der Waals surface area contributed by atoms with Gasteiger partial charge in [-0.25, -0.2) is 0 Å². The van der Waals surface area contributed by atoms with Gasteiger partial charge in [-0.05, 0) is 88.6 Å². The van der Waals surface area contributed by atoms with Gasteiger partial charge in [-0.1, -0.05) is 5.92 Å². The lowest BCUT2D eigenvalue weighted by atomic mass is 9.82. The summed E-state index contributed by atoms with van der Waals surface area (Å²) >= 11 is 0. The number of aromatic amines is 1. The van der Waals surface area contributed by atoms with Crippen molar-refractivity contribution in [3.63, 3.8) is 0 Å². The van der Waals surface area contributed by atoms with E-state index in [1.54, 1.807) is 6.07 Å². The molecule has 2 aromatic rings. The largest absolute Gasteiger partial charge is 0.382 e. The summed E-state index contributed by atoms with van der Waals surface area (Å²) in [5.41, 5.74) is 10.9. The van der Waals surface area contributed by atoms with Crippen LogP contribution in [0.5, 0.6) is 0 Å². The van der Waals surface area contributed by atoms with Gasteiger partial charge in [0.05, 0.1) is 0 Å². The summed E-state index contributed by atoms with van der Waals surface area (Å²) in [6, 6.07) is 6.11. The molecule has 0 bridgehead atoms. The van der Waals surface area contributed by atoms with Crippen molar-refractivity contribution in [2.75, 3.05) is 5.32 Å². The van der Waals surface area contributed by atoms with Gasteiger partial charge in [0.2, 0.25) is 0 Å². The Balaban J connectivity index is 1.79. The molecule has 6 heteroatoms. The quantitative estimate of drug-likeness (QED) is 0.523. The van der Waals surface area contributed by atoms with Crippen LogP contribution in [0.25, 0.3) is 0 Å². The molecule has 0 saturated heterocycles. The number of amides is 1. The minimum absolute atomic E-state index is 0.154. The van der Waals surface area contributed by atoms with Crippen molar-refractivity contribution in [3.05, 3.63) is 62.1 Å². The van der Waals surface area contributed by atoms with Crippen molar-refractivity contribution >= 4 is 11.6 Å². The smallest absolute Gasteiger partial charge is 0.253 e. The number of hydrogen-bond donors (Lipinski definition) is 4. The van der Waals surface area contributed by atoms with E-state index in [1.807, 2.05) is 32.9 Å². The summed E-state index contributed by atoms with van der Waals surface area (Å²) in [5.74, 6) is 2.94. The molecule has 1 amide bonds. The molecule has 1 unspecified atom stereocenters. The molecule has 1 saturated carbocycles. The van der Waals surface area contributed by atoms with Gasteiger partial charge in [-0.2, -0.15) is 0 Å². The monoisotopic (exact) mass is 434 g/mol. The van der Waals surface area contributed by atoms with E-state index in [1.165, 1.54) is 0 Å². The molecule has 1 atom stereocenters. The van der Waals surface area contributed by atoms with E-state index in [0.717, 1.165) is 48.2 Å². The Morgan fingerprint density at radius 1 is 1.22 bits per heavy atom. The van der Waals surface area contributed by atoms with Gasteiger partial charge < -0.3 is 21.4 Å². The van der Waals surface area contributed by atoms with Crippen LogP contribution in [-0.2, 0) is 6.54 Å². The van der Waals surface area contributed by atoms with Gasteiger partial charge in [-0.15, -0.1) is 6.42 Å². The number of nitrogens with two attached hydrogens (primary N) is 1. The van der Waals surface area contributed by atoms with E-state index in [4.69, 9.17) is 12.2 Å². The molecule has 0 spiro atoms. The Labute approximate surface area is 190 Å². The molecule has 170 valence electrons. The van der Waals surface area contributed by atoms with E-state index in [9.17, 15) is 9.59 Å². The van der Waals surface area contributed by atoms with Crippen molar-refractivity contribution in [1.29, 1.82) is 0 Å². The van der Waals surface area contributed by atoms with Crippen LogP contribution in [0, 0.1) is 39.0 Å². The maximum atomic E-state index is 13.0. The fourth-order valence-corrected chi connectivity index (χ4v) is 4.56. The third kappa shape index (κ3) is 5.41. The molecule has 1 fully saturated rings. The first kappa shape index (κ1) is 23.6. The zero-order valence-electron chi connectivity index (χ0n) is 19.5. The fourth-order valence-electron chi connectivity index (χ4n) is 4.56. The number of carbonyl (C=O) groups excluding carboxylic acids is 1. The van der Waals surface area contributed by atoms with Gasteiger partial charge in [0.1, 0.15) is 0 Å². The summed E-state index contributed by atoms with van der Waals surface area (Å²) < 4.78 is 0. The van der Waals surface area contributed by atoms with Crippen LogP contribution in [0.15, 0.2) is 23.0 Å². The standard InChI is InChI=1S/C26H34N4O2/c1-6-19-12-22(25(31)28-14-23-15(2)11-16(3)29-26(23)32)17(4)24(13-19)30-18(5)20-7-9-21(27)10-8-20/h1,11-13,18,20-21,30H,7-10,14,27H2,2-5H3,(H,28,31)(H,29,32). The lowest BCUT2D eigenvalue weighted by Crippen LogP contribution is -2.34. The number of anilines is 1. The van der Waals surface area contributed by atoms with Crippen molar-refractivity contribution < 1.29 is 4.79 Å². The average Bonchev–Trinajstić information content (AvgIpc) is 2.74. The number of terminal acetylenes is 1. The Bertz CT molecular complexity index is 1090. The minimum Gasteiger partial charge on any atom is -0.382 e. The second-order valence-corrected chi connectivity index (χ2v) is 9.07. The van der Waals surface area contributed by atoms with Gasteiger partial charge in [0.25, 0.3) is 11.5 Å². The van der Waals surface area contributed by atoms with Crippen LogP contribution in [-0.4, -0.2) is 23.0 Å². The van der Waals surface area contributed by atoms with Crippen LogP contribution in [0.1, 0.15) is 70.9 Å². The molecular formula is C26H34N4O2. The average molecular weight is 435 g/mol. The number of pyridine rings is 1. The predicted octanol–water partition coefficient (Wildman–Crippen LogP) is 3.53. The third-order valence-corrected chi connectivity index (χ3v) is 6.65. The molecule has 1 aliphatic carbocycles. The first-order valence-corrected chi connectivity index (χ1v) is 11.3. The summed E-state index contributed by atoms with van der Waals surface area (Å²) in [6.45, 7) is 7.96. The minimum atomic E-state index is -0.252. The molecule has 0 aliphatic heterocycles. The van der Waals surface area contributed by atoms with Gasteiger partial charge in [0.15, 0.2) is 0 Å². The second kappa shape index (κ2) is 10.1. The summed E-state index contributed by atoms with van der Waals surface area (Å²) in [4.78, 5) is 28.1. The van der Waals surface area contributed by atoms with E-state index in [2.05, 4.69) is 28.5 Å². The van der Waals surface area contributed by atoms with E-state index in [-0.39, 0.29) is 24.1 Å². The fraction of sp³-hybridized carbons (Fsp3) is 0.462. The lowest BCUT2D eigenvalue weighted by Gasteiger charge is -2.32. The molecule has 3 rings (SSSR count). The summed E-state index contributed by atoms with van der Waals surface area (Å²) in [5, 5.41) is 6.48. The number of aryl methyl sites for hydroxylation is 2. The number of nitrogens with one attached hydrogen (secondary N) is 3. The molecule has 6 nitrogen and oxygen atoms in total. The highest BCUT2D eigenvalue weighted by molar-refractivity contribution is 5.97. The number of rotatable bonds is 6. The van der Waals surface area contributed by atoms with Crippen LogP contribution in [0.2, 0.25) is 0 Å². The van der Waals surface area contributed by atoms with Crippen molar-refractivity contribution in [1.82, 2.24) is 10.3 Å². The number of hydrogen-bond acceptors (Lipinski definition) is 4.